The fourth-order valence-electron chi connectivity index (χ4n) is 4.07. The molecule has 0 unspecified atom stereocenters. The molecule has 27 heavy (non-hydrogen) atoms. The summed E-state index contributed by atoms with van der Waals surface area (Å²) in [4.78, 5) is 14.6. The molecule has 0 radical (unpaired) electrons. The van der Waals surface area contributed by atoms with E-state index in [0.29, 0.717) is 25.4 Å². The number of carbonyl (C=O) groups excluding carboxylic acids is 1. The molecule has 1 aliphatic heterocycles. The highest BCUT2D eigenvalue weighted by Gasteiger charge is 2.28. The number of aliphatic hydroxyl groups is 1. The topological polar surface area (TPSA) is 52.6 Å². The number of amides is 1. The van der Waals surface area contributed by atoms with Gasteiger partial charge in [0.2, 0.25) is 0 Å². The predicted molar refractivity (Wildman–Crippen MR) is 105 cm³/mol. The van der Waals surface area contributed by atoms with Crippen LogP contribution in [0.3, 0.4) is 0 Å². The van der Waals surface area contributed by atoms with Gasteiger partial charge < -0.3 is 10.4 Å². The Morgan fingerprint density at radius 2 is 2.15 bits per heavy atom. The minimum absolute atomic E-state index is 0.0462. The van der Waals surface area contributed by atoms with E-state index in [9.17, 15) is 14.3 Å². The SMILES string of the molecule is C=C(C)[C@@H]1CC=C(CN2C[C@H](O)C[C@H](NC(=O)c3ccccc3F)C2)CC1. The molecule has 146 valence electrons. The van der Waals surface area contributed by atoms with E-state index in [1.165, 1.54) is 23.3 Å². The van der Waals surface area contributed by atoms with E-state index >= 15 is 0 Å². The first-order chi connectivity index (χ1) is 12.9. The van der Waals surface area contributed by atoms with Crippen molar-refractivity contribution >= 4 is 5.91 Å². The van der Waals surface area contributed by atoms with Crippen molar-refractivity contribution in [3.8, 4) is 0 Å². The van der Waals surface area contributed by atoms with Crippen molar-refractivity contribution in [2.24, 2.45) is 5.92 Å². The average Bonchev–Trinajstić information content (AvgIpc) is 2.62. The summed E-state index contributed by atoms with van der Waals surface area (Å²) in [5.41, 5.74) is 2.68. The van der Waals surface area contributed by atoms with Crippen molar-refractivity contribution in [1.82, 2.24) is 10.2 Å². The molecule has 1 aromatic carbocycles. The molecule has 1 aliphatic carbocycles. The molecule has 2 aliphatic rings. The Hall–Kier alpha value is -1.98. The zero-order valence-corrected chi connectivity index (χ0v) is 16.0. The zero-order valence-electron chi connectivity index (χ0n) is 16.0. The monoisotopic (exact) mass is 372 g/mol. The molecule has 0 saturated carbocycles. The lowest BCUT2D eigenvalue weighted by molar-refractivity contribution is 0.0527. The highest BCUT2D eigenvalue weighted by Crippen LogP contribution is 2.29. The van der Waals surface area contributed by atoms with Gasteiger partial charge in [-0.1, -0.05) is 35.9 Å². The van der Waals surface area contributed by atoms with Crippen molar-refractivity contribution in [3.05, 3.63) is 59.4 Å². The van der Waals surface area contributed by atoms with Crippen LogP contribution in [0.1, 0.15) is 43.0 Å². The van der Waals surface area contributed by atoms with E-state index in [1.807, 2.05) is 0 Å². The molecule has 1 aromatic rings. The summed E-state index contributed by atoms with van der Waals surface area (Å²) < 4.78 is 13.8. The van der Waals surface area contributed by atoms with Crippen LogP contribution in [0, 0.1) is 11.7 Å². The van der Waals surface area contributed by atoms with Crippen LogP contribution in [0.15, 0.2) is 48.1 Å². The molecule has 5 heteroatoms. The minimum Gasteiger partial charge on any atom is -0.392 e. The summed E-state index contributed by atoms with van der Waals surface area (Å²) in [6.07, 6.45) is 5.53. The molecule has 3 rings (SSSR count). The number of halogens is 1. The van der Waals surface area contributed by atoms with Crippen LogP contribution in [-0.4, -0.2) is 47.7 Å². The van der Waals surface area contributed by atoms with Gasteiger partial charge in [-0.15, -0.1) is 0 Å². The third kappa shape index (κ3) is 5.27. The molecule has 0 spiro atoms. The Bertz CT molecular complexity index is 731. The van der Waals surface area contributed by atoms with Crippen molar-refractivity contribution in [2.75, 3.05) is 19.6 Å². The van der Waals surface area contributed by atoms with Gasteiger partial charge in [-0.05, 0) is 50.7 Å². The van der Waals surface area contributed by atoms with Gasteiger partial charge in [-0.2, -0.15) is 0 Å². The van der Waals surface area contributed by atoms with E-state index in [2.05, 4.69) is 29.8 Å². The van der Waals surface area contributed by atoms with Crippen LogP contribution in [0.2, 0.25) is 0 Å². The molecular formula is C22H29FN2O2. The third-order valence-corrected chi connectivity index (χ3v) is 5.59. The van der Waals surface area contributed by atoms with Crippen LogP contribution in [0.4, 0.5) is 4.39 Å². The largest absolute Gasteiger partial charge is 0.392 e. The summed E-state index contributed by atoms with van der Waals surface area (Å²) >= 11 is 0. The molecule has 3 atom stereocenters. The Balaban J connectivity index is 1.57. The van der Waals surface area contributed by atoms with Crippen LogP contribution in [0.5, 0.6) is 0 Å². The summed E-state index contributed by atoms with van der Waals surface area (Å²) in [5, 5.41) is 13.1. The van der Waals surface area contributed by atoms with Crippen molar-refractivity contribution in [2.45, 2.75) is 44.8 Å². The maximum Gasteiger partial charge on any atom is 0.254 e. The van der Waals surface area contributed by atoms with Gasteiger partial charge in [-0.3, -0.25) is 9.69 Å². The normalized spacial score (nSPS) is 26.3. The van der Waals surface area contributed by atoms with Crippen molar-refractivity contribution < 1.29 is 14.3 Å². The number of rotatable bonds is 5. The van der Waals surface area contributed by atoms with Gasteiger partial charge in [0.1, 0.15) is 5.82 Å². The van der Waals surface area contributed by atoms with E-state index in [1.54, 1.807) is 12.1 Å². The molecule has 0 aromatic heterocycles. The second kappa shape index (κ2) is 8.81. The lowest BCUT2D eigenvalue weighted by Crippen LogP contribution is -2.53. The van der Waals surface area contributed by atoms with Crippen LogP contribution in [-0.2, 0) is 0 Å². The Kier molecular flexibility index (Phi) is 6.45. The maximum atomic E-state index is 13.8. The first-order valence-electron chi connectivity index (χ1n) is 9.71. The first-order valence-corrected chi connectivity index (χ1v) is 9.71. The smallest absolute Gasteiger partial charge is 0.254 e. The second-order valence-corrected chi connectivity index (χ2v) is 7.91. The van der Waals surface area contributed by atoms with Gasteiger partial charge in [0.15, 0.2) is 0 Å². The fraction of sp³-hybridized carbons (Fsp3) is 0.500. The van der Waals surface area contributed by atoms with E-state index in [-0.39, 0.29) is 11.6 Å². The summed E-state index contributed by atoms with van der Waals surface area (Å²) in [7, 11) is 0. The number of hydrogen-bond acceptors (Lipinski definition) is 3. The number of allylic oxidation sites excluding steroid dienone is 2. The highest BCUT2D eigenvalue weighted by atomic mass is 19.1. The molecular weight excluding hydrogens is 343 g/mol. The van der Waals surface area contributed by atoms with Crippen molar-refractivity contribution in [3.63, 3.8) is 0 Å². The van der Waals surface area contributed by atoms with E-state index < -0.39 is 17.8 Å². The number of carbonyl (C=O) groups is 1. The number of hydrogen-bond donors (Lipinski definition) is 2. The molecule has 1 amide bonds. The Labute approximate surface area is 160 Å². The number of nitrogens with one attached hydrogen (secondary N) is 1. The Morgan fingerprint density at radius 1 is 1.37 bits per heavy atom. The van der Waals surface area contributed by atoms with Crippen LogP contribution in [0.25, 0.3) is 0 Å². The molecule has 0 bridgehead atoms. The highest BCUT2D eigenvalue weighted by molar-refractivity contribution is 5.94. The van der Waals surface area contributed by atoms with Gasteiger partial charge in [0.05, 0.1) is 11.7 Å². The van der Waals surface area contributed by atoms with Gasteiger partial charge in [0, 0.05) is 25.7 Å². The van der Waals surface area contributed by atoms with E-state index in [4.69, 9.17) is 0 Å². The molecule has 1 heterocycles. The average molecular weight is 372 g/mol. The number of β-amino-alcohol motifs (C(OH)–C–C–N with tert-alkyl or cyclic N) is 1. The van der Waals surface area contributed by atoms with Gasteiger partial charge in [-0.25, -0.2) is 4.39 Å². The molecule has 4 nitrogen and oxygen atoms in total. The number of likely N-dealkylation sites (tertiary alicyclic amines) is 1. The molecule has 2 N–H and O–H groups in total. The lowest BCUT2D eigenvalue weighted by atomic mass is 9.85. The standard InChI is InChI=1S/C22H29FN2O2/c1-15(2)17-9-7-16(8-10-17)12-25-13-18(11-19(26)14-25)24-22(27)20-5-3-4-6-21(20)23/h3-7,17-19,26H,1,8-14H2,2H3,(H,24,27)/t17-,18+,19-/m1/s1. The zero-order chi connectivity index (χ0) is 19.4. The predicted octanol–water partition coefficient (Wildman–Crippen LogP) is 3.29. The van der Waals surface area contributed by atoms with Crippen LogP contribution < -0.4 is 5.32 Å². The van der Waals surface area contributed by atoms with Gasteiger partial charge in [0.25, 0.3) is 5.91 Å². The quantitative estimate of drug-likeness (QED) is 0.780. The van der Waals surface area contributed by atoms with Crippen LogP contribution >= 0.6 is 0 Å². The number of benzene rings is 1. The summed E-state index contributed by atoms with van der Waals surface area (Å²) in [5.74, 6) is -0.371. The summed E-state index contributed by atoms with van der Waals surface area (Å²) in [6.45, 7) is 8.23. The van der Waals surface area contributed by atoms with Gasteiger partial charge >= 0.3 is 0 Å². The van der Waals surface area contributed by atoms with E-state index in [0.717, 1.165) is 25.8 Å². The first kappa shape index (κ1) is 19.8. The fourth-order valence-corrected chi connectivity index (χ4v) is 4.07. The van der Waals surface area contributed by atoms with Crippen molar-refractivity contribution in [1.29, 1.82) is 0 Å². The Morgan fingerprint density at radius 3 is 2.81 bits per heavy atom. The number of aliphatic hydroxyl groups excluding tert-OH is 1. The maximum absolute atomic E-state index is 13.8. The third-order valence-electron chi connectivity index (χ3n) is 5.59. The number of nitrogens with zero attached hydrogens (tertiary/aromatic N) is 1. The second-order valence-electron chi connectivity index (χ2n) is 7.91. The molecule has 1 fully saturated rings. The lowest BCUT2D eigenvalue weighted by Gasteiger charge is -2.37. The molecule has 1 saturated heterocycles. The summed E-state index contributed by atoms with van der Waals surface area (Å²) in [6, 6.07) is 5.78. The number of piperidine rings is 1. The minimum atomic E-state index is -0.525.